The molecule has 1 atom stereocenters. The zero-order valence-corrected chi connectivity index (χ0v) is 10.4. The van der Waals surface area contributed by atoms with Crippen molar-refractivity contribution in [2.45, 2.75) is 25.8 Å². The van der Waals surface area contributed by atoms with Gasteiger partial charge in [0.05, 0.1) is 13.2 Å². The van der Waals surface area contributed by atoms with Crippen LogP contribution in [0.4, 0.5) is 0 Å². The minimum Gasteiger partial charge on any atom is -0.320 e. The molecule has 94 valence electrons. The van der Waals surface area contributed by atoms with E-state index in [1.807, 2.05) is 37.3 Å². The summed E-state index contributed by atoms with van der Waals surface area (Å²) in [5, 5.41) is 1.29. The van der Waals surface area contributed by atoms with Gasteiger partial charge < -0.3 is 5.73 Å². The fraction of sp³-hybridized carbons (Fsp3) is 0.462. The van der Waals surface area contributed by atoms with Crippen molar-refractivity contribution >= 4 is 5.91 Å². The molecule has 17 heavy (non-hydrogen) atoms. The lowest BCUT2D eigenvalue weighted by Gasteiger charge is -2.21. The van der Waals surface area contributed by atoms with Crippen molar-refractivity contribution in [1.29, 1.82) is 0 Å². The Kier molecular flexibility index (Phi) is 5.66. The van der Waals surface area contributed by atoms with Crippen LogP contribution in [0.2, 0.25) is 0 Å². The van der Waals surface area contributed by atoms with Crippen LogP contribution in [0.1, 0.15) is 18.9 Å². The zero-order valence-electron chi connectivity index (χ0n) is 10.4. The number of nitrogens with zero attached hydrogens (tertiary/aromatic N) is 1. The van der Waals surface area contributed by atoms with Crippen LogP contribution >= 0.6 is 0 Å². The highest BCUT2D eigenvalue weighted by Gasteiger charge is 2.19. The van der Waals surface area contributed by atoms with Crippen molar-refractivity contribution in [1.82, 2.24) is 5.06 Å². The fourth-order valence-corrected chi connectivity index (χ4v) is 1.65. The van der Waals surface area contributed by atoms with Crippen molar-refractivity contribution in [3.8, 4) is 0 Å². The van der Waals surface area contributed by atoms with Gasteiger partial charge in [0.15, 0.2) is 0 Å². The van der Waals surface area contributed by atoms with Crippen LogP contribution in [0.15, 0.2) is 30.3 Å². The molecule has 4 nitrogen and oxygen atoms in total. The minimum absolute atomic E-state index is 0.161. The van der Waals surface area contributed by atoms with Crippen LogP contribution in [0, 0.1) is 0 Å². The number of amides is 1. The van der Waals surface area contributed by atoms with Crippen LogP contribution in [0.3, 0.4) is 0 Å². The number of aryl methyl sites for hydroxylation is 1. The van der Waals surface area contributed by atoms with Gasteiger partial charge in [-0.25, -0.2) is 5.06 Å². The number of likely N-dealkylation sites (N-methyl/N-ethyl adjacent to an activating group) is 1. The summed E-state index contributed by atoms with van der Waals surface area (Å²) in [4.78, 5) is 16.7. The summed E-state index contributed by atoms with van der Waals surface area (Å²) in [5.74, 6) is -0.161. The van der Waals surface area contributed by atoms with Gasteiger partial charge in [0.25, 0.3) is 5.91 Å². The predicted molar refractivity (Wildman–Crippen MR) is 67.1 cm³/mol. The number of hydroxylamine groups is 2. The topological polar surface area (TPSA) is 55.6 Å². The molecule has 0 saturated heterocycles. The van der Waals surface area contributed by atoms with Gasteiger partial charge in [0.1, 0.15) is 0 Å². The Hall–Kier alpha value is -1.39. The van der Waals surface area contributed by atoms with E-state index >= 15 is 0 Å². The molecule has 0 aliphatic heterocycles. The molecule has 0 saturated carbocycles. The largest absolute Gasteiger partial charge is 0.320 e. The molecule has 0 fully saturated rings. The maximum atomic E-state index is 11.8. The number of carbonyl (C=O) groups excluding carboxylic acids is 1. The Balaban J connectivity index is 2.44. The lowest BCUT2D eigenvalue weighted by molar-refractivity contribution is -0.176. The van der Waals surface area contributed by atoms with Gasteiger partial charge in [-0.1, -0.05) is 30.3 Å². The average molecular weight is 236 g/mol. The number of hydrogen-bond acceptors (Lipinski definition) is 3. The first-order chi connectivity index (χ1) is 8.19. The third-order valence-corrected chi connectivity index (χ3v) is 2.66. The van der Waals surface area contributed by atoms with Crippen LogP contribution in [-0.2, 0) is 16.1 Å². The predicted octanol–water partition coefficient (Wildman–Crippen LogP) is 1.36. The summed E-state index contributed by atoms with van der Waals surface area (Å²) in [6.07, 6.45) is 1.43. The Labute approximate surface area is 102 Å². The van der Waals surface area contributed by atoms with Crippen LogP contribution in [0.25, 0.3) is 0 Å². The monoisotopic (exact) mass is 236 g/mol. The van der Waals surface area contributed by atoms with E-state index in [0.29, 0.717) is 13.0 Å². The summed E-state index contributed by atoms with van der Waals surface area (Å²) in [6.45, 7) is 2.36. The van der Waals surface area contributed by atoms with E-state index in [9.17, 15) is 4.79 Å². The molecule has 0 aliphatic carbocycles. The van der Waals surface area contributed by atoms with E-state index < -0.39 is 6.04 Å². The number of rotatable bonds is 6. The van der Waals surface area contributed by atoms with Crippen molar-refractivity contribution in [2.24, 2.45) is 5.73 Å². The molecule has 1 aromatic rings. The van der Waals surface area contributed by atoms with Crippen LogP contribution in [0.5, 0.6) is 0 Å². The van der Waals surface area contributed by atoms with Gasteiger partial charge in [-0.15, -0.1) is 0 Å². The molecular formula is C13H20N2O2. The van der Waals surface area contributed by atoms with Gasteiger partial charge in [-0.3, -0.25) is 9.63 Å². The lowest BCUT2D eigenvalue weighted by atomic mass is 10.1. The zero-order chi connectivity index (χ0) is 12.7. The Morgan fingerprint density at radius 3 is 2.59 bits per heavy atom. The third-order valence-electron chi connectivity index (χ3n) is 2.66. The fourth-order valence-electron chi connectivity index (χ4n) is 1.65. The summed E-state index contributed by atoms with van der Waals surface area (Å²) >= 11 is 0. The number of hydrogen-bond donors (Lipinski definition) is 1. The number of carbonyl (C=O) groups is 1. The second kappa shape index (κ2) is 7.04. The van der Waals surface area contributed by atoms with Gasteiger partial charge in [-0.2, -0.15) is 0 Å². The molecule has 0 aromatic heterocycles. The molecule has 2 N–H and O–H groups in total. The summed E-state index contributed by atoms with van der Waals surface area (Å²) in [7, 11) is 1.48. The Bertz CT molecular complexity index is 337. The molecule has 4 heteroatoms. The van der Waals surface area contributed by atoms with E-state index in [-0.39, 0.29) is 5.91 Å². The first-order valence-electron chi connectivity index (χ1n) is 5.84. The summed E-state index contributed by atoms with van der Waals surface area (Å²) in [6, 6.07) is 9.50. The SMILES string of the molecule is CCN(OC)C(=O)C(N)CCc1ccccc1. The van der Waals surface area contributed by atoms with Gasteiger partial charge in [0, 0.05) is 6.54 Å². The lowest BCUT2D eigenvalue weighted by Crippen LogP contribution is -2.43. The molecule has 0 heterocycles. The van der Waals surface area contributed by atoms with E-state index in [1.165, 1.54) is 17.7 Å². The van der Waals surface area contributed by atoms with Gasteiger partial charge in [-0.05, 0) is 25.3 Å². The molecule has 1 rings (SSSR count). The minimum atomic E-state index is -0.505. The Morgan fingerprint density at radius 1 is 1.41 bits per heavy atom. The third kappa shape index (κ3) is 4.17. The van der Waals surface area contributed by atoms with Crippen molar-refractivity contribution in [3.05, 3.63) is 35.9 Å². The van der Waals surface area contributed by atoms with E-state index in [2.05, 4.69) is 0 Å². The Morgan fingerprint density at radius 2 is 2.06 bits per heavy atom. The maximum absolute atomic E-state index is 11.8. The van der Waals surface area contributed by atoms with E-state index in [4.69, 9.17) is 10.6 Å². The molecule has 1 aromatic carbocycles. The highest BCUT2D eigenvalue weighted by Crippen LogP contribution is 2.06. The molecule has 0 spiro atoms. The second-order valence-electron chi connectivity index (χ2n) is 3.85. The summed E-state index contributed by atoms with van der Waals surface area (Å²) in [5.41, 5.74) is 7.04. The quantitative estimate of drug-likeness (QED) is 0.759. The molecular weight excluding hydrogens is 216 g/mol. The molecule has 1 unspecified atom stereocenters. The maximum Gasteiger partial charge on any atom is 0.262 e. The van der Waals surface area contributed by atoms with Crippen molar-refractivity contribution in [2.75, 3.05) is 13.7 Å². The molecule has 1 amide bonds. The van der Waals surface area contributed by atoms with Gasteiger partial charge in [0.2, 0.25) is 0 Å². The average Bonchev–Trinajstić information content (AvgIpc) is 2.38. The number of benzene rings is 1. The van der Waals surface area contributed by atoms with Gasteiger partial charge >= 0.3 is 0 Å². The molecule has 0 radical (unpaired) electrons. The standard InChI is InChI=1S/C13H20N2O2/c1-3-15(17-2)13(16)12(14)10-9-11-7-5-4-6-8-11/h4-8,12H,3,9-10,14H2,1-2H3. The van der Waals surface area contributed by atoms with E-state index in [0.717, 1.165) is 6.42 Å². The first kappa shape index (κ1) is 13.7. The van der Waals surface area contributed by atoms with Crippen molar-refractivity contribution in [3.63, 3.8) is 0 Å². The molecule has 0 bridgehead atoms. The van der Waals surface area contributed by atoms with Crippen molar-refractivity contribution < 1.29 is 9.63 Å². The van der Waals surface area contributed by atoms with E-state index in [1.54, 1.807) is 0 Å². The van der Waals surface area contributed by atoms with Crippen LogP contribution < -0.4 is 5.73 Å². The highest BCUT2D eigenvalue weighted by atomic mass is 16.7. The normalized spacial score (nSPS) is 12.2. The smallest absolute Gasteiger partial charge is 0.262 e. The highest BCUT2D eigenvalue weighted by molar-refractivity contribution is 5.80. The van der Waals surface area contributed by atoms with Crippen LogP contribution in [-0.4, -0.2) is 30.7 Å². The summed E-state index contributed by atoms with van der Waals surface area (Å²) < 4.78 is 0. The first-order valence-corrected chi connectivity index (χ1v) is 5.84. The molecule has 0 aliphatic rings. The second-order valence-corrected chi connectivity index (χ2v) is 3.85. The number of nitrogens with two attached hydrogens (primary N) is 1.